The predicted molar refractivity (Wildman–Crippen MR) is 33.1 cm³/mol. The van der Waals surface area contributed by atoms with E-state index in [1.54, 1.807) is 0 Å². The van der Waals surface area contributed by atoms with Crippen LogP contribution in [0.2, 0.25) is 0 Å². The fourth-order valence-electron chi connectivity index (χ4n) is 0.981. The minimum Gasteiger partial charge on any atom is -0.395 e. The van der Waals surface area contributed by atoms with Crippen LogP contribution in [0.3, 0.4) is 0 Å². The van der Waals surface area contributed by atoms with E-state index in [9.17, 15) is 13.2 Å². The van der Waals surface area contributed by atoms with Crippen molar-refractivity contribution >= 4 is 0 Å². The van der Waals surface area contributed by atoms with Gasteiger partial charge in [0.2, 0.25) is 0 Å². The number of halogens is 3. The largest absolute Gasteiger partial charge is 0.406 e. The molecule has 2 N–H and O–H groups in total. The Morgan fingerprint density at radius 2 is 1.91 bits per heavy atom. The normalized spacial score (nSPS) is 21.8. The third-order valence-corrected chi connectivity index (χ3v) is 1.87. The Morgan fingerprint density at radius 1 is 1.36 bits per heavy atom. The van der Waals surface area contributed by atoms with E-state index in [1.807, 2.05) is 0 Å². The molecule has 2 nitrogen and oxygen atoms in total. The molecule has 0 radical (unpaired) electrons. The Bertz CT molecular complexity index is 141. The monoisotopic (exact) mass is 169 g/mol. The van der Waals surface area contributed by atoms with Crippen molar-refractivity contribution in [2.24, 2.45) is 0 Å². The van der Waals surface area contributed by atoms with Gasteiger partial charge in [-0.25, -0.2) is 0 Å². The summed E-state index contributed by atoms with van der Waals surface area (Å²) in [6.07, 6.45) is -3.89. The van der Waals surface area contributed by atoms with Gasteiger partial charge < -0.3 is 10.4 Å². The number of aliphatic hydroxyl groups is 1. The van der Waals surface area contributed by atoms with E-state index in [1.165, 1.54) is 0 Å². The summed E-state index contributed by atoms with van der Waals surface area (Å²) < 4.78 is 36.2. The smallest absolute Gasteiger partial charge is 0.395 e. The minimum absolute atomic E-state index is 0.0134. The average molecular weight is 169 g/mol. The number of nitrogens with one attached hydrogen (secondary N) is 1. The first-order chi connectivity index (χ1) is 5.02. The van der Waals surface area contributed by atoms with Crippen LogP contribution in [0.4, 0.5) is 13.2 Å². The van der Waals surface area contributed by atoms with Gasteiger partial charge in [-0.05, 0) is 12.8 Å². The van der Waals surface area contributed by atoms with Crippen molar-refractivity contribution in [1.29, 1.82) is 0 Å². The first-order valence-electron chi connectivity index (χ1n) is 3.44. The molecule has 0 aromatic heterocycles. The van der Waals surface area contributed by atoms with Crippen LogP contribution in [0.25, 0.3) is 0 Å². The molecule has 0 unspecified atom stereocenters. The zero-order valence-corrected chi connectivity index (χ0v) is 5.91. The molecule has 1 fully saturated rings. The summed E-state index contributed by atoms with van der Waals surface area (Å²) in [5, 5.41) is 10.6. The molecule has 0 aliphatic heterocycles. The van der Waals surface area contributed by atoms with Crippen LogP contribution < -0.4 is 5.32 Å². The highest BCUT2D eigenvalue weighted by molar-refractivity contribution is 5.07. The molecule has 0 aromatic carbocycles. The summed E-state index contributed by atoms with van der Waals surface area (Å²) in [6.45, 7) is -0.239. The summed E-state index contributed by atoms with van der Waals surface area (Å²) in [5.41, 5.74) is -1.67. The number of alkyl halides is 3. The second-order valence-electron chi connectivity index (χ2n) is 2.73. The summed E-state index contributed by atoms with van der Waals surface area (Å²) >= 11 is 0. The molecule has 11 heavy (non-hydrogen) atoms. The lowest BCUT2D eigenvalue weighted by molar-refractivity contribution is -0.166. The maximum atomic E-state index is 12.1. The van der Waals surface area contributed by atoms with Crippen molar-refractivity contribution in [3.05, 3.63) is 0 Å². The Morgan fingerprint density at radius 3 is 2.18 bits per heavy atom. The number of β-amino-alcohol motifs (C(OH)–C–C–N with tert-alkyl or cyclic N) is 1. The van der Waals surface area contributed by atoms with Crippen LogP contribution >= 0.6 is 0 Å². The Kier molecular flexibility index (Phi) is 2.11. The topological polar surface area (TPSA) is 32.3 Å². The van der Waals surface area contributed by atoms with E-state index < -0.39 is 11.7 Å². The summed E-state index contributed by atoms with van der Waals surface area (Å²) in [5.74, 6) is 0. The van der Waals surface area contributed by atoms with E-state index in [0.29, 0.717) is 0 Å². The van der Waals surface area contributed by atoms with E-state index >= 15 is 0 Å². The van der Waals surface area contributed by atoms with Crippen molar-refractivity contribution in [3.63, 3.8) is 0 Å². The van der Waals surface area contributed by atoms with Gasteiger partial charge in [-0.3, -0.25) is 0 Å². The quantitative estimate of drug-likeness (QED) is 0.650. The molecule has 0 bridgehead atoms. The van der Waals surface area contributed by atoms with Crippen LogP contribution in [0.15, 0.2) is 0 Å². The van der Waals surface area contributed by atoms with Crippen LogP contribution in [-0.2, 0) is 0 Å². The van der Waals surface area contributed by atoms with Crippen molar-refractivity contribution in [3.8, 4) is 0 Å². The van der Waals surface area contributed by atoms with Gasteiger partial charge in [0.25, 0.3) is 0 Å². The van der Waals surface area contributed by atoms with Crippen LogP contribution in [-0.4, -0.2) is 30.0 Å². The van der Waals surface area contributed by atoms with Gasteiger partial charge in [0.15, 0.2) is 0 Å². The van der Waals surface area contributed by atoms with Crippen molar-refractivity contribution in [1.82, 2.24) is 5.32 Å². The highest BCUT2D eigenvalue weighted by atomic mass is 19.4. The molecule has 0 amide bonds. The molecule has 0 saturated heterocycles. The number of aliphatic hydroxyl groups excluding tert-OH is 1. The Labute approximate surface area is 62.4 Å². The van der Waals surface area contributed by atoms with Gasteiger partial charge >= 0.3 is 6.18 Å². The van der Waals surface area contributed by atoms with E-state index in [0.717, 1.165) is 0 Å². The van der Waals surface area contributed by atoms with Crippen LogP contribution in [0.5, 0.6) is 0 Å². The highest BCUT2D eigenvalue weighted by Crippen LogP contribution is 2.48. The van der Waals surface area contributed by atoms with Crippen LogP contribution in [0.1, 0.15) is 12.8 Å². The van der Waals surface area contributed by atoms with Gasteiger partial charge in [0.1, 0.15) is 5.54 Å². The molecule has 66 valence electrons. The zero-order valence-electron chi connectivity index (χ0n) is 5.91. The maximum absolute atomic E-state index is 12.1. The van der Waals surface area contributed by atoms with E-state index in [2.05, 4.69) is 5.32 Å². The molecule has 5 heteroatoms. The standard InChI is InChI=1S/C6H10F3NO/c7-6(8,9)5(1-2-5)10-3-4-11/h10-11H,1-4H2. The van der Waals surface area contributed by atoms with Gasteiger partial charge in [0, 0.05) is 6.54 Å². The molecular weight excluding hydrogens is 159 g/mol. The average Bonchev–Trinajstić information content (AvgIpc) is 2.61. The molecule has 0 atom stereocenters. The number of hydrogen-bond donors (Lipinski definition) is 2. The van der Waals surface area contributed by atoms with E-state index in [-0.39, 0.29) is 26.0 Å². The van der Waals surface area contributed by atoms with Crippen molar-refractivity contribution < 1.29 is 18.3 Å². The fraction of sp³-hybridized carbons (Fsp3) is 1.00. The van der Waals surface area contributed by atoms with E-state index in [4.69, 9.17) is 5.11 Å². The molecule has 1 saturated carbocycles. The van der Waals surface area contributed by atoms with Gasteiger partial charge in [-0.15, -0.1) is 0 Å². The fourth-order valence-corrected chi connectivity index (χ4v) is 0.981. The predicted octanol–water partition coefficient (Wildman–Crippen LogP) is 0.663. The molecule has 1 rings (SSSR count). The summed E-state index contributed by atoms with van der Waals surface area (Å²) in [4.78, 5) is 0. The Balaban J connectivity index is 2.41. The van der Waals surface area contributed by atoms with Crippen molar-refractivity contribution in [2.45, 2.75) is 24.6 Å². The third kappa shape index (κ3) is 1.65. The second kappa shape index (κ2) is 2.64. The number of rotatable bonds is 3. The first-order valence-corrected chi connectivity index (χ1v) is 3.44. The summed E-state index contributed by atoms with van der Waals surface area (Å²) in [6, 6.07) is 0. The maximum Gasteiger partial charge on any atom is 0.406 e. The lowest BCUT2D eigenvalue weighted by Gasteiger charge is -2.19. The van der Waals surface area contributed by atoms with Gasteiger partial charge in [0.05, 0.1) is 6.61 Å². The molecular formula is C6H10F3NO. The number of hydrogen-bond acceptors (Lipinski definition) is 2. The lowest BCUT2D eigenvalue weighted by atomic mass is 10.2. The molecule has 1 aliphatic rings. The molecule has 0 spiro atoms. The van der Waals surface area contributed by atoms with Gasteiger partial charge in [-0.2, -0.15) is 13.2 Å². The van der Waals surface area contributed by atoms with Gasteiger partial charge in [-0.1, -0.05) is 0 Å². The minimum atomic E-state index is -4.16. The molecule has 0 aromatic rings. The highest BCUT2D eigenvalue weighted by Gasteiger charge is 2.62. The van der Waals surface area contributed by atoms with Crippen LogP contribution in [0, 0.1) is 0 Å². The molecule has 0 heterocycles. The zero-order chi connectivity index (χ0) is 8.54. The first kappa shape index (κ1) is 8.80. The summed E-state index contributed by atoms with van der Waals surface area (Å²) in [7, 11) is 0. The third-order valence-electron chi connectivity index (χ3n) is 1.87. The second-order valence-corrected chi connectivity index (χ2v) is 2.73. The lowest BCUT2D eigenvalue weighted by Crippen LogP contribution is -2.45. The Hall–Kier alpha value is -0.290. The van der Waals surface area contributed by atoms with Crippen molar-refractivity contribution in [2.75, 3.05) is 13.2 Å². The SMILES string of the molecule is OCCNC1(C(F)(F)F)CC1. The molecule has 1 aliphatic carbocycles.